The van der Waals surface area contributed by atoms with Gasteiger partial charge in [-0.1, -0.05) is 0 Å². The Morgan fingerprint density at radius 3 is 3.31 bits per heavy atom. The Morgan fingerprint density at radius 2 is 2.46 bits per heavy atom. The van der Waals surface area contributed by atoms with Gasteiger partial charge in [0, 0.05) is 18.7 Å². The maximum Gasteiger partial charge on any atom is 0.227 e. The summed E-state index contributed by atoms with van der Waals surface area (Å²) in [5.74, 6) is 0.634. The molecule has 13 heavy (non-hydrogen) atoms. The maximum absolute atomic E-state index is 11.3. The van der Waals surface area contributed by atoms with Gasteiger partial charge in [-0.15, -0.1) is 0 Å². The number of amides is 1. The van der Waals surface area contributed by atoms with Gasteiger partial charge in [-0.2, -0.15) is 0 Å². The molecule has 2 rings (SSSR count). The van der Waals surface area contributed by atoms with Gasteiger partial charge in [-0.25, -0.2) is 4.98 Å². The predicted molar refractivity (Wildman–Crippen MR) is 50.6 cm³/mol. The van der Waals surface area contributed by atoms with Gasteiger partial charge >= 0.3 is 0 Å². The summed E-state index contributed by atoms with van der Waals surface area (Å²) in [5.41, 5.74) is 0.890. The monoisotopic (exact) mass is 177 g/mol. The smallest absolute Gasteiger partial charge is 0.227 e. The van der Waals surface area contributed by atoms with Crippen LogP contribution in [-0.4, -0.2) is 16.9 Å². The number of rotatable bonds is 0. The van der Waals surface area contributed by atoms with E-state index in [0.717, 1.165) is 5.69 Å². The number of pyridine rings is 1. The van der Waals surface area contributed by atoms with E-state index < -0.39 is 0 Å². The average Bonchev–Trinajstić information content (AvgIpc) is 2.20. The number of carbonyl (C=O) groups is 1. The van der Waals surface area contributed by atoms with Crippen LogP contribution in [0, 0.1) is 0 Å². The van der Waals surface area contributed by atoms with E-state index in [2.05, 4.69) is 15.6 Å². The molecule has 2 N–H and O–H groups in total. The Bertz CT molecular complexity index is 337. The number of nitrogens with one attached hydrogen (secondary N) is 2. The van der Waals surface area contributed by atoms with Gasteiger partial charge in [-0.3, -0.25) is 4.79 Å². The van der Waals surface area contributed by atoms with Gasteiger partial charge in [0.05, 0.1) is 5.69 Å². The number of hydrogen-bond acceptors (Lipinski definition) is 3. The predicted octanol–water partition coefficient (Wildman–Crippen LogP) is 1.22. The van der Waals surface area contributed by atoms with E-state index in [9.17, 15) is 4.79 Å². The van der Waals surface area contributed by atoms with Crippen LogP contribution in [0.1, 0.15) is 13.3 Å². The molecule has 0 bridgehead atoms. The molecule has 4 heteroatoms. The normalized spacial score (nSPS) is 21.0. The summed E-state index contributed by atoms with van der Waals surface area (Å²) >= 11 is 0. The second kappa shape index (κ2) is 3.05. The fourth-order valence-electron chi connectivity index (χ4n) is 1.40. The standard InChI is InChI=1S/C9H11N3O/c1-6-5-8(13)12-9-7(11-6)3-2-4-10-9/h2-4,6,11H,5H2,1H3,(H,10,12,13)/t6-/m1/s1. The van der Waals surface area contributed by atoms with Crippen molar-refractivity contribution in [3.63, 3.8) is 0 Å². The van der Waals surface area contributed by atoms with Crippen molar-refractivity contribution in [2.75, 3.05) is 10.6 Å². The largest absolute Gasteiger partial charge is 0.379 e. The average molecular weight is 177 g/mol. The summed E-state index contributed by atoms with van der Waals surface area (Å²) in [6.45, 7) is 1.97. The Balaban J connectivity index is 2.38. The zero-order valence-corrected chi connectivity index (χ0v) is 7.37. The molecule has 68 valence electrons. The minimum atomic E-state index is 0.0115. The molecule has 0 unspecified atom stereocenters. The third kappa shape index (κ3) is 1.61. The number of aromatic nitrogens is 1. The molecule has 1 atom stereocenters. The minimum Gasteiger partial charge on any atom is -0.379 e. The molecule has 0 saturated heterocycles. The van der Waals surface area contributed by atoms with E-state index in [1.54, 1.807) is 6.20 Å². The number of carbonyl (C=O) groups excluding carboxylic acids is 1. The van der Waals surface area contributed by atoms with Crippen molar-refractivity contribution < 1.29 is 4.79 Å². The van der Waals surface area contributed by atoms with Crippen LogP contribution in [0.5, 0.6) is 0 Å². The highest BCUT2D eigenvalue weighted by molar-refractivity contribution is 5.94. The van der Waals surface area contributed by atoms with Crippen molar-refractivity contribution in [1.82, 2.24) is 4.98 Å². The van der Waals surface area contributed by atoms with Crippen LogP contribution in [0.4, 0.5) is 11.5 Å². The molecular weight excluding hydrogens is 166 g/mol. The van der Waals surface area contributed by atoms with Gasteiger partial charge in [0.1, 0.15) is 0 Å². The summed E-state index contributed by atoms with van der Waals surface area (Å²) in [4.78, 5) is 15.3. The Kier molecular flexibility index (Phi) is 1.88. The van der Waals surface area contributed by atoms with Crippen LogP contribution in [0.3, 0.4) is 0 Å². The Labute approximate surface area is 76.4 Å². The van der Waals surface area contributed by atoms with Gasteiger partial charge < -0.3 is 10.6 Å². The lowest BCUT2D eigenvalue weighted by molar-refractivity contribution is -0.116. The van der Waals surface area contributed by atoms with E-state index in [4.69, 9.17) is 0 Å². The van der Waals surface area contributed by atoms with Crippen molar-refractivity contribution >= 4 is 17.4 Å². The molecule has 0 radical (unpaired) electrons. The van der Waals surface area contributed by atoms with Crippen molar-refractivity contribution in [1.29, 1.82) is 0 Å². The van der Waals surface area contributed by atoms with E-state index >= 15 is 0 Å². The number of fused-ring (bicyclic) bond motifs is 1. The highest BCUT2D eigenvalue weighted by Gasteiger charge is 2.17. The Hall–Kier alpha value is -1.58. The molecule has 1 aliphatic heterocycles. The molecular formula is C9H11N3O. The first-order valence-electron chi connectivity index (χ1n) is 4.27. The van der Waals surface area contributed by atoms with E-state index in [1.807, 2.05) is 19.1 Å². The SMILES string of the molecule is C[C@@H]1CC(=O)Nc2ncccc2N1. The molecule has 0 spiro atoms. The maximum atomic E-state index is 11.3. The van der Waals surface area contributed by atoms with Crippen LogP contribution in [0.25, 0.3) is 0 Å². The van der Waals surface area contributed by atoms with Crippen LogP contribution >= 0.6 is 0 Å². The summed E-state index contributed by atoms with van der Waals surface area (Å²) in [6.07, 6.45) is 2.15. The van der Waals surface area contributed by atoms with E-state index in [-0.39, 0.29) is 11.9 Å². The first-order chi connectivity index (χ1) is 6.25. The second-order valence-corrected chi connectivity index (χ2v) is 3.20. The van der Waals surface area contributed by atoms with Crippen molar-refractivity contribution in [3.8, 4) is 0 Å². The molecule has 0 aliphatic carbocycles. The zero-order chi connectivity index (χ0) is 9.26. The molecule has 1 aromatic rings. The summed E-state index contributed by atoms with van der Waals surface area (Å²) in [6, 6.07) is 3.91. The van der Waals surface area contributed by atoms with Crippen molar-refractivity contribution in [2.45, 2.75) is 19.4 Å². The number of nitrogens with zero attached hydrogens (tertiary/aromatic N) is 1. The van der Waals surface area contributed by atoms with Gasteiger partial charge in [-0.05, 0) is 19.1 Å². The summed E-state index contributed by atoms with van der Waals surface area (Å²) in [7, 11) is 0. The fraction of sp³-hybridized carbons (Fsp3) is 0.333. The third-order valence-electron chi connectivity index (χ3n) is 1.96. The lowest BCUT2D eigenvalue weighted by Crippen LogP contribution is -2.18. The summed E-state index contributed by atoms with van der Waals surface area (Å²) < 4.78 is 0. The van der Waals surface area contributed by atoms with Gasteiger partial charge in [0.2, 0.25) is 5.91 Å². The van der Waals surface area contributed by atoms with Crippen molar-refractivity contribution in [2.24, 2.45) is 0 Å². The zero-order valence-electron chi connectivity index (χ0n) is 7.37. The fourth-order valence-corrected chi connectivity index (χ4v) is 1.40. The third-order valence-corrected chi connectivity index (χ3v) is 1.96. The van der Waals surface area contributed by atoms with E-state index in [1.165, 1.54) is 0 Å². The lowest BCUT2D eigenvalue weighted by atomic mass is 10.2. The minimum absolute atomic E-state index is 0.0115. The molecule has 0 aromatic carbocycles. The van der Waals surface area contributed by atoms with Gasteiger partial charge in [0.25, 0.3) is 0 Å². The molecule has 1 aromatic heterocycles. The topological polar surface area (TPSA) is 54.0 Å². The van der Waals surface area contributed by atoms with Crippen LogP contribution < -0.4 is 10.6 Å². The molecule has 0 saturated carbocycles. The number of hydrogen-bond donors (Lipinski definition) is 2. The molecule has 4 nitrogen and oxygen atoms in total. The quantitative estimate of drug-likeness (QED) is 0.626. The van der Waals surface area contributed by atoms with Crippen LogP contribution in [0.2, 0.25) is 0 Å². The number of anilines is 2. The second-order valence-electron chi connectivity index (χ2n) is 3.20. The van der Waals surface area contributed by atoms with Crippen LogP contribution in [-0.2, 0) is 4.79 Å². The van der Waals surface area contributed by atoms with Crippen molar-refractivity contribution in [3.05, 3.63) is 18.3 Å². The lowest BCUT2D eigenvalue weighted by Gasteiger charge is -2.09. The first-order valence-corrected chi connectivity index (χ1v) is 4.27. The first kappa shape index (κ1) is 8.04. The highest BCUT2D eigenvalue weighted by Crippen LogP contribution is 2.22. The van der Waals surface area contributed by atoms with Gasteiger partial charge in [0.15, 0.2) is 5.82 Å². The van der Waals surface area contributed by atoms with Crippen LogP contribution in [0.15, 0.2) is 18.3 Å². The molecule has 0 fully saturated rings. The highest BCUT2D eigenvalue weighted by atomic mass is 16.1. The Morgan fingerprint density at radius 1 is 1.62 bits per heavy atom. The van der Waals surface area contributed by atoms with E-state index in [0.29, 0.717) is 12.2 Å². The molecule has 1 aliphatic rings. The summed E-state index contributed by atoms with van der Waals surface area (Å²) in [5, 5.41) is 5.95. The molecule has 1 amide bonds. The molecule has 2 heterocycles.